The molecular formula is C33H37ClN2O6. The third-order valence-electron chi connectivity index (χ3n) is 7.17. The van der Waals surface area contributed by atoms with Gasteiger partial charge in [0.15, 0.2) is 11.5 Å². The second kappa shape index (κ2) is 14.8. The number of amides is 2. The van der Waals surface area contributed by atoms with Crippen molar-refractivity contribution < 1.29 is 28.9 Å². The third kappa shape index (κ3) is 7.84. The fraction of sp³-hybridized carbons (Fsp3) is 0.333. The third-order valence-corrected chi connectivity index (χ3v) is 7.40. The Kier molecular flexibility index (Phi) is 10.9. The van der Waals surface area contributed by atoms with Crippen LogP contribution in [0.1, 0.15) is 46.0 Å². The Morgan fingerprint density at radius 2 is 1.83 bits per heavy atom. The highest BCUT2D eigenvalue weighted by Crippen LogP contribution is 2.31. The molecular weight excluding hydrogens is 556 g/mol. The predicted molar refractivity (Wildman–Crippen MR) is 163 cm³/mol. The number of aromatic hydroxyl groups is 1. The van der Waals surface area contributed by atoms with Gasteiger partial charge in [-0.1, -0.05) is 30.7 Å². The molecule has 0 saturated carbocycles. The van der Waals surface area contributed by atoms with E-state index in [1.54, 1.807) is 37.5 Å². The van der Waals surface area contributed by atoms with E-state index >= 15 is 0 Å². The van der Waals surface area contributed by atoms with Gasteiger partial charge in [0.25, 0.3) is 5.91 Å². The normalized spacial score (nSPS) is 14.0. The number of ether oxygens (including phenoxy) is 3. The number of rotatable bonds is 13. The lowest BCUT2D eigenvalue weighted by atomic mass is 10.1. The average Bonchev–Trinajstić information content (AvgIpc) is 3.42. The highest BCUT2D eigenvalue weighted by atomic mass is 35.5. The van der Waals surface area contributed by atoms with Gasteiger partial charge in [-0.2, -0.15) is 0 Å². The zero-order chi connectivity index (χ0) is 30.1. The lowest BCUT2D eigenvalue weighted by Crippen LogP contribution is -2.39. The summed E-state index contributed by atoms with van der Waals surface area (Å²) in [5, 5.41) is 13.4. The Bertz CT molecular complexity index is 1440. The number of hydrogen-bond donors (Lipinski definition) is 2. The van der Waals surface area contributed by atoms with Crippen molar-refractivity contribution in [2.45, 2.75) is 38.8 Å². The lowest BCUT2D eigenvalue weighted by Gasteiger charge is -2.29. The number of nitrogens with zero attached hydrogens (tertiary/aromatic N) is 1. The molecule has 1 aliphatic carbocycles. The smallest absolute Gasteiger partial charge is 0.251 e. The molecule has 2 amide bonds. The minimum absolute atomic E-state index is 0.0241. The van der Waals surface area contributed by atoms with E-state index in [0.717, 1.165) is 23.1 Å². The molecule has 2 N–H and O–H groups in total. The Hall–Kier alpha value is -4.01. The standard InChI is InChI=1S/C33H37ClN2O6/c1-4-13-35-33(39)24-8-7-23-19-28(20-25(23)17-24)36(21-26-18-27(34)9-11-30(26)42-15-14-40-2)32(38)12-6-22-5-10-29(37)31(16-22)41-3/h5-12,16-18,28,37H,4,13-15,19-21H2,1-3H3,(H,35,39)/b12-6+. The van der Waals surface area contributed by atoms with Crippen LogP contribution in [0.3, 0.4) is 0 Å². The largest absolute Gasteiger partial charge is 0.504 e. The summed E-state index contributed by atoms with van der Waals surface area (Å²) in [6, 6.07) is 15.9. The Balaban J connectivity index is 1.62. The maximum absolute atomic E-state index is 13.8. The van der Waals surface area contributed by atoms with Crippen LogP contribution in [0.2, 0.25) is 5.02 Å². The molecule has 0 aliphatic heterocycles. The maximum atomic E-state index is 13.8. The van der Waals surface area contributed by atoms with Gasteiger partial charge in [0.2, 0.25) is 5.91 Å². The second-order valence-electron chi connectivity index (χ2n) is 10.1. The van der Waals surface area contributed by atoms with Gasteiger partial charge in [0.1, 0.15) is 12.4 Å². The highest BCUT2D eigenvalue weighted by molar-refractivity contribution is 6.30. The van der Waals surface area contributed by atoms with Gasteiger partial charge in [-0.3, -0.25) is 9.59 Å². The van der Waals surface area contributed by atoms with E-state index in [0.29, 0.717) is 60.2 Å². The van der Waals surface area contributed by atoms with Gasteiger partial charge >= 0.3 is 0 Å². The number of carbonyl (C=O) groups is 2. The minimum Gasteiger partial charge on any atom is -0.504 e. The Morgan fingerprint density at radius 3 is 2.60 bits per heavy atom. The second-order valence-corrected chi connectivity index (χ2v) is 10.6. The number of phenolic OH excluding ortho intramolecular Hbond substituents is 1. The van der Waals surface area contributed by atoms with Crippen LogP contribution >= 0.6 is 11.6 Å². The first-order chi connectivity index (χ1) is 20.3. The molecule has 4 rings (SSSR count). The van der Waals surface area contributed by atoms with Crippen molar-refractivity contribution in [3.8, 4) is 17.2 Å². The van der Waals surface area contributed by atoms with Gasteiger partial charge < -0.3 is 29.5 Å². The molecule has 9 heteroatoms. The minimum atomic E-state index is -0.191. The van der Waals surface area contributed by atoms with Crippen molar-refractivity contribution in [1.29, 1.82) is 0 Å². The van der Waals surface area contributed by atoms with E-state index < -0.39 is 0 Å². The maximum Gasteiger partial charge on any atom is 0.251 e. The summed E-state index contributed by atoms with van der Waals surface area (Å²) in [6.07, 6.45) is 5.34. The molecule has 0 saturated heterocycles. The predicted octanol–water partition coefficient (Wildman–Crippen LogP) is 5.43. The van der Waals surface area contributed by atoms with Crippen LogP contribution in [0.4, 0.5) is 0 Å². The van der Waals surface area contributed by atoms with Crippen molar-refractivity contribution in [3.63, 3.8) is 0 Å². The molecule has 1 aliphatic rings. The van der Waals surface area contributed by atoms with E-state index in [1.807, 2.05) is 36.1 Å². The molecule has 1 atom stereocenters. The topological polar surface area (TPSA) is 97.3 Å². The summed E-state index contributed by atoms with van der Waals surface area (Å²) in [5.74, 6) is 0.690. The van der Waals surface area contributed by atoms with Gasteiger partial charge in [-0.15, -0.1) is 0 Å². The van der Waals surface area contributed by atoms with Crippen LogP contribution in [-0.2, 0) is 28.9 Å². The van der Waals surface area contributed by atoms with Crippen LogP contribution in [0.15, 0.2) is 60.7 Å². The molecule has 1 unspecified atom stereocenters. The molecule has 3 aromatic rings. The van der Waals surface area contributed by atoms with E-state index in [2.05, 4.69) is 5.32 Å². The molecule has 3 aromatic carbocycles. The average molecular weight is 593 g/mol. The van der Waals surface area contributed by atoms with Crippen LogP contribution in [0.25, 0.3) is 6.08 Å². The van der Waals surface area contributed by atoms with Gasteiger partial charge in [-0.05, 0) is 84.5 Å². The number of halogens is 1. The fourth-order valence-corrected chi connectivity index (χ4v) is 5.17. The first-order valence-electron chi connectivity index (χ1n) is 14.0. The quantitative estimate of drug-likeness (QED) is 0.203. The van der Waals surface area contributed by atoms with Gasteiger partial charge in [0.05, 0.1) is 13.7 Å². The van der Waals surface area contributed by atoms with E-state index in [9.17, 15) is 14.7 Å². The molecule has 0 fully saturated rings. The lowest BCUT2D eigenvalue weighted by molar-refractivity contribution is -0.128. The van der Waals surface area contributed by atoms with E-state index in [4.69, 9.17) is 25.8 Å². The molecule has 222 valence electrons. The van der Waals surface area contributed by atoms with Crippen LogP contribution in [0, 0.1) is 0 Å². The van der Waals surface area contributed by atoms with E-state index in [-0.39, 0.29) is 30.2 Å². The summed E-state index contributed by atoms with van der Waals surface area (Å²) >= 11 is 6.37. The number of carbonyl (C=O) groups excluding carboxylic acids is 2. The van der Waals surface area contributed by atoms with Crippen molar-refractivity contribution >= 4 is 29.5 Å². The summed E-state index contributed by atoms with van der Waals surface area (Å²) in [6.45, 7) is 3.69. The van der Waals surface area contributed by atoms with Gasteiger partial charge in [0, 0.05) is 48.5 Å². The molecule has 0 aromatic heterocycles. The van der Waals surface area contributed by atoms with Crippen LogP contribution in [0.5, 0.6) is 17.2 Å². The number of phenols is 1. The first kappa shape index (κ1) is 30.9. The SMILES string of the molecule is CCCNC(=O)c1ccc2c(c1)CC(N(Cc1cc(Cl)ccc1OCCOC)C(=O)/C=C/c1ccc(O)c(OC)c1)C2. The number of benzene rings is 3. The molecule has 0 heterocycles. The Labute approximate surface area is 251 Å². The molecule has 0 bridgehead atoms. The molecule has 0 spiro atoms. The monoisotopic (exact) mass is 592 g/mol. The number of fused-ring (bicyclic) bond motifs is 1. The number of methoxy groups -OCH3 is 2. The zero-order valence-corrected chi connectivity index (χ0v) is 24.9. The molecule has 0 radical (unpaired) electrons. The summed E-state index contributed by atoms with van der Waals surface area (Å²) in [4.78, 5) is 28.2. The van der Waals surface area contributed by atoms with E-state index in [1.165, 1.54) is 19.3 Å². The van der Waals surface area contributed by atoms with Crippen LogP contribution in [-0.4, -0.2) is 61.8 Å². The van der Waals surface area contributed by atoms with Crippen LogP contribution < -0.4 is 14.8 Å². The zero-order valence-electron chi connectivity index (χ0n) is 24.2. The summed E-state index contributed by atoms with van der Waals surface area (Å²) < 4.78 is 16.3. The first-order valence-corrected chi connectivity index (χ1v) is 14.4. The Morgan fingerprint density at radius 1 is 1.02 bits per heavy atom. The fourth-order valence-electron chi connectivity index (χ4n) is 4.98. The summed E-state index contributed by atoms with van der Waals surface area (Å²) in [7, 11) is 3.09. The van der Waals surface area contributed by atoms with Crippen molar-refractivity contribution in [1.82, 2.24) is 10.2 Å². The molecule has 42 heavy (non-hydrogen) atoms. The highest BCUT2D eigenvalue weighted by Gasteiger charge is 2.30. The number of nitrogens with one attached hydrogen (secondary N) is 1. The number of hydrogen-bond acceptors (Lipinski definition) is 6. The van der Waals surface area contributed by atoms with Crippen molar-refractivity contribution in [3.05, 3.63) is 93.5 Å². The van der Waals surface area contributed by atoms with Crippen molar-refractivity contribution in [2.75, 3.05) is 34.0 Å². The molecule has 8 nitrogen and oxygen atoms in total. The van der Waals surface area contributed by atoms with Crippen molar-refractivity contribution in [2.24, 2.45) is 0 Å². The van der Waals surface area contributed by atoms with Gasteiger partial charge in [-0.25, -0.2) is 0 Å². The summed E-state index contributed by atoms with van der Waals surface area (Å²) in [5.41, 5.74) is 4.27.